The number of nitrogens with one attached hydrogen (secondary N) is 2. The number of halogens is 1. The lowest BCUT2D eigenvalue weighted by Crippen LogP contribution is -2.33. The van der Waals surface area contributed by atoms with Gasteiger partial charge in [-0.25, -0.2) is 14.2 Å². The molecule has 0 atom stereocenters. The van der Waals surface area contributed by atoms with Crippen LogP contribution < -0.4 is 10.2 Å². The molecule has 3 rings (SSSR count). The van der Waals surface area contributed by atoms with Crippen LogP contribution in [0.15, 0.2) is 12.1 Å². The van der Waals surface area contributed by atoms with Crippen molar-refractivity contribution in [1.29, 1.82) is 0 Å². The van der Waals surface area contributed by atoms with Crippen LogP contribution in [-0.2, 0) is 4.74 Å². The van der Waals surface area contributed by atoms with Crippen molar-refractivity contribution in [3.05, 3.63) is 17.9 Å². The first-order valence-corrected chi connectivity index (χ1v) is 7.36. The molecular weight excluding hydrogens is 287 g/mol. The maximum absolute atomic E-state index is 14.3. The van der Waals surface area contributed by atoms with Crippen molar-refractivity contribution in [2.75, 3.05) is 30.4 Å². The quantitative estimate of drug-likeness (QED) is 0.894. The van der Waals surface area contributed by atoms with E-state index < -0.39 is 6.09 Å². The summed E-state index contributed by atoms with van der Waals surface area (Å²) in [6.07, 6.45) is 1.50. The largest absolute Gasteiger partial charge is 0.453 e. The van der Waals surface area contributed by atoms with Crippen LogP contribution in [-0.4, -0.2) is 36.3 Å². The Morgan fingerprint density at radius 1 is 1.45 bits per heavy atom. The third-order valence-corrected chi connectivity index (χ3v) is 4.08. The molecule has 0 saturated carbocycles. The van der Waals surface area contributed by atoms with Crippen LogP contribution in [0.4, 0.5) is 20.8 Å². The number of hydrogen-bond acceptors (Lipinski definition) is 4. The summed E-state index contributed by atoms with van der Waals surface area (Å²) in [5.41, 5.74) is 1.72. The third-order valence-electron chi connectivity index (χ3n) is 4.08. The zero-order valence-corrected chi connectivity index (χ0v) is 12.6. The fourth-order valence-electron chi connectivity index (χ4n) is 2.72. The highest BCUT2D eigenvalue weighted by Gasteiger charge is 2.20. The van der Waals surface area contributed by atoms with Crippen molar-refractivity contribution in [2.24, 2.45) is 5.92 Å². The summed E-state index contributed by atoms with van der Waals surface area (Å²) in [6.45, 7) is 3.91. The van der Waals surface area contributed by atoms with Gasteiger partial charge >= 0.3 is 6.09 Å². The molecule has 2 heterocycles. The number of aromatic amines is 1. The molecule has 2 N–H and O–H groups in total. The Morgan fingerprint density at radius 3 is 2.86 bits per heavy atom. The zero-order chi connectivity index (χ0) is 15.7. The highest BCUT2D eigenvalue weighted by Crippen LogP contribution is 2.29. The Balaban J connectivity index is 1.89. The maximum Gasteiger partial charge on any atom is 0.413 e. The summed E-state index contributed by atoms with van der Waals surface area (Å²) in [6, 6.07) is 3.14. The van der Waals surface area contributed by atoms with Gasteiger partial charge in [-0.05, 0) is 24.8 Å². The van der Waals surface area contributed by atoms with Crippen molar-refractivity contribution < 1.29 is 13.9 Å². The smallest absolute Gasteiger partial charge is 0.413 e. The van der Waals surface area contributed by atoms with E-state index in [0.29, 0.717) is 22.6 Å². The van der Waals surface area contributed by atoms with E-state index in [9.17, 15) is 9.18 Å². The summed E-state index contributed by atoms with van der Waals surface area (Å²) in [7, 11) is 1.27. The monoisotopic (exact) mass is 306 g/mol. The van der Waals surface area contributed by atoms with Crippen LogP contribution in [0.3, 0.4) is 0 Å². The molecule has 22 heavy (non-hydrogen) atoms. The highest BCUT2D eigenvalue weighted by molar-refractivity contribution is 5.87. The number of amides is 1. The average molecular weight is 306 g/mol. The highest BCUT2D eigenvalue weighted by atomic mass is 19.1. The Kier molecular flexibility index (Phi) is 3.87. The van der Waals surface area contributed by atoms with Gasteiger partial charge in [0.05, 0.1) is 23.8 Å². The van der Waals surface area contributed by atoms with Crippen LogP contribution in [0, 0.1) is 11.7 Å². The topological polar surface area (TPSA) is 70.2 Å². The first-order valence-electron chi connectivity index (χ1n) is 7.36. The standard InChI is InChI=1S/C15H19FN4O2/c1-9-3-5-20(6-4-9)13-8-12-11(7-10(13)16)17-14(18-12)19-15(21)22-2/h7-9H,3-6H2,1-2H3,(H2,17,18,19,21). The number of carbonyl (C=O) groups is 1. The molecule has 0 bridgehead atoms. The van der Waals surface area contributed by atoms with E-state index in [1.54, 1.807) is 6.07 Å². The fourth-order valence-corrected chi connectivity index (χ4v) is 2.72. The minimum atomic E-state index is -0.621. The van der Waals surface area contributed by atoms with Gasteiger partial charge in [0.15, 0.2) is 0 Å². The predicted octanol–water partition coefficient (Wildman–Crippen LogP) is 3.12. The number of piperidine rings is 1. The van der Waals surface area contributed by atoms with Gasteiger partial charge in [0.25, 0.3) is 0 Å². The molecule has 1 amide bonds. The summed E-state index contributed by atoms with van der Waals surface area (Å²) < 4.78 is 18.8. The van der Waals surface area contributed by atoms with Crippen LogP contribution in [0.25, 0.3) is 11.0 Å². The Bertz CT molecular complexity index is 692. The van der Waals surface area contributed by atoms with E-state index in [2.05, 4.69) is 31.8 Å². The first-order chi connectivity index (χ1) is 10.6. The maximum atomic E-state index is 14.3. The van der Waals surface area contributed by atoms with E-state index in [1.165, 1.54) is 13.2 Å². The van der Waals surface area contributed by atoms with Gasteiger partial charge in [0.2, 0.25) is 5.95 Å². The summed E-state index contributed by atoms with van der Waals surface area (Å²) >= 11 is 0. The van der Waals surface area contributed by atoms with Gasteiger partial charge in [-0.1, -0.05) is 6.92 Å². The van der Waals surface area contributed by atoms with Gasteiger partial charge in [-0.15, -0.1) is 0 Å². The predicted molar refractivity (Wildman–Crippen MR) is 82.7 cm³/mol. The third kappa shape index (κ3) is 2.84. The lowest BCUT2D eigenvalue weighted by Gasteiger charge is -2.32. The van der Waals surface area contributed by atoms with Crippen LogP contribution in [0.2, 0.25) is 0 Å². The fraction of sp³-hybridized carbons (Fsp3) is 0.467. The molecule has 1 aromatic carbocycles. The molecule has 0 aliphatic carbocycles. The Labute approximate surface area is 127 Å². The molecule has 118 valence electrons. The molecule has 0 radical (unpaired) electrons. The molecule has 0 spiro atoms. The van der Waals surface area contributed by atoms with Gasteiger partial charge in [0.1, 0.15) is 5.82 Å². The minimum absolute atomic E-state index is 0.241. The van der Waals surface area contributed by atoms with Crippen molar-refractivity contribution in [1.82, 2.24) is 9.97 Å². The minimum Gasteiger partial charge on any atom is -0.453 e. The number of hydrogen-bond donors (Lipinski definition) is 2. The second kappa shape index (κ2) is 5.82. The van der Waals surface area contributed by atoms with Gasteiger partial charge in [-0.3, -0.25) is 5.32 Å². The van der Waals surface area contributed by atoms with E-state index in [0.717, 1.165) is 25.9 Å². The number of anilines is 2. The molecular formula is C15H19FN4O2. The summed E-state index contributed by atoms with van der Waals surface area (Å²) in [5.74, 6) is 0.644. The molecule has 1 saturated heterocycles. The number of aromatic nitrogens is 2. The number of carbonyl (C=O) groups excluding carboxylic acids is 1. The summed E-state index contributed by atoms with van der Waals surface area (Å²) in [5, 5.41) is 2.44. The number of methoxy groups -OCH3 is 1. The molecule has 0 unspecified atom stereocenters. The summed E-state index contributed by atoms with van der Waals surface area (Å²) in [4.78, 5) is 20.4. The molecule has 2 aromatic rings. The van der Waals surface area contributed by atoms with E-state index in [4.69, 9.17) is 0 Å². The number of benzene rings is 1. The van der Waals surface area contributed by atoms with Crippen molar-refractivity contribution in [2.45, 2.75) is 19.8 Å². The molecule has 6 nitrogen and oxygen atoms in total. The Hall–Kier alpha value is -2.31. The van der Waals surface area contributed by atoms with Crippen LogP contribution in [0.5, 0.6) is 0 Å². The van der Waals surface area contributed by atoms with Gasteiger partial charge < -0.3 is 14.6 Å². The van der Waals surface area contributed by atoms with Gasteiger partial charge in [0, 0.05) is 19.2 Å². The van der Waals surface area contributed by atoms with Crippen molar-refractivity contribution in [3.8, 4) is 0 Å². The van der Waals surface area contributed by atoms with E-state index in [-0.39, 0.29) is 11.8 Å². The SMILES string of the molecule is COC(=O)Nc1nc2cc(N3CCC(C)CC3)c(F)cc2[nH]1. The van der Waals surface area contributed by atoms with E-state index >= 15 is 0 Å². The number of imidazole rings is 1. The zero-order valence-electron chi connectivity index (χ0n) is 12.6. The second-order valence-electron chi connectivity index (χ2n) is 5.69. The molecule has 1 aliphatic heterocycles. The molecule has 1 aliphatic rings. The van der Waals surface area contributed by atoms with Crippen LogP contribution >= 0.6 is 0 Å². The lowest BCUT2D eigenvalue weighted by atomic mass is 9.99. The Morgan fingerprint density at radius 2 is 2.18 bits per heavy atom. The van der Waals surface area contributed by atoms with Gasteiger partial charge in [-0.2, -0.15) is 0 Å². The van der Waals surface area contributed by atoms with E-state index in [1.807, 2.05) is 0 Å². The molecule has 1 aromatic heterocycles. The number of rotatable bonds is 2. The second-order valence-corrected chi connectivity index (χ2v) is 5.69. The molecule has 1 fully saturated rings. The normalized spacial score (nSPS) is 16.0. The van der Waals surface area contributed by atoms with Crippen LogP contribution in [0.1, 0.15) is 19.8 Å². The lowest BCUT2D eigenvalue weighted by molar-refractivity contribution is 0.186. The first kappa shape index (κ1) is 14.6. The number of ether oxygens (including phenoxy) is 1. The molecule has 7 heteroatoms. The number of fused-ring (bicyclic) bond motifs is 1. The van der Waals surface area contributed by atoms with Crippen molar-refractivity contribution in [3.63, 3.8) is 0 Å². The average Bonchev–Trinajstić information content (AvgIpc) is 2.88. The number of nitrogens with zero attached hydrogens (tertiary/aromatic N) is 2. The van der Waals surface area contributed by atoms with Crippen molar-refractivity contribution >= 4 is 28.8 Å². The number of H-pyrrole nitrogens is 1.